The van der Waals surface area contributed by atoms with Crippen molar-refractivity contribution < 1.29 is 19.1 Å². The van der Waals surface area contributed by atoms with Crippen LogP contribution in [0.1, 0.15) is 49.7 Å². The van der Waals surface area contributed by atoms with Gasteiger partial charge in [-0.1, -0.05) is 36.6 Å². The molecule has 0 radical (unpaired) electrons. The van der Waals surface area contributed by atoms with Gasteiger partial charge >= 0.3 is 0 Å². The Kier molecular flexibility index (Phi) is 8.43. The highest BCUT2D eigenvalue weighted by atomic mass is 35.5. The SMILES string of the molecule is COc1ccc(C2=NN(C3CCN(C(=O)[C@H](N)Cc4ccc(Cl)cc4)CC3)C(=O)[C@@H]3CCCC[C@H]23)cc1OC. The summed E-state index contributed by atoms with van der Waals surface area (Å²) in [5, 5.41) is 7.39. The number of hydrazone groups is 1. The molecule has 0 unspecified atom stereocenters. The van der Waals surface area contributed by atoms with E-state index in [0.29, 0.717) is 48.9 Å². The van der Waals surface area contributed by atoms with Gasteiger partial charge in [0, 0.05) is 35.5 Å². The van der Waals surface area contributed by atoms with Crippen molar-refractivity contribution in [2.75, 3.05) is 27.3 Å². The fourth-order valence-electron chi connectivity index (χ4n) is 6.22. The Morgan fingerprint density at radius 3 is 2.33 bits per heavy atom. The van der Waals surface area contributed by atoms with Crippen molar-refractivity contribution in [3.05, 3.63) is 58.6 Å². The summed E-state index contributed by atoms with van der Waals surface area (Å²) in [6.07, 6.45) is 5.79. The zero-order valence-corrected chi connectivity index (χ0v) is 23.4. The molecule has 2 heterocycles. The molecule has 0 bridgehead atoms. The molecule has 2 aliphatic heterocycles. The van der Waals surface area contributed by atoms with Crippen molar-refractivity contribution in [2.24, 2.45) is 22.7 Å². The smallest absolute Gasteiger partial charge is 0.246 e. The number of benzene rings is 2. The molecule has 2 aromatic rings. The van der Waals surface area contributed by atoms with Crippen molar-refractivity contribution in [1.82, 2.24) is 9.91 Å². The van der Waals surface area contributed by atoms with Gasteiger partial charge < -0.3 is 20.1 Å². The fourth-order valence-corrected chi connectivity index (χ4v) is 6.35. The van der Waals surface area contributed by atoms with E-state index in [-0.39, 0.29) is 29.7 Å². The van der Waals surface area contributed by atoms with Gasteiger partial charge in [0.1, 0.15) is 0 Å². The number of nitrogens with zero attached hydrogens (tertiary/aromatic N) is 3. The third-order valence-electron chi connectivity index (χ3n) is 8.36. The first-order chi connectivity index (χ1) is 18.9. The predicted octanol–water partition coefficient (Wildman–Crippen LogP) is 4.27. The maximum Gasteiger partial charge on any atom is 0.246 e. The fraction of sp³-hybridized carbons (Fsp3) is 0.500. The van der Waals surface area contributed by atoms with E-state index < -0.39 is 6.04 Å². The third kappa shape index (κ3) is 5.77. The van der Waals surface area contributed by atoms with Crippen LogP contribution < -0.4 is 15.2 Å². The molecule has 39 heavy (non-hydrogen) atoms. The minimum Gasteiger partial charge on any atom is -0.493 e. The molecule has 8 nitrogen and oxygen atoms in total. The van der Waals surface area contributed by atoms with Crippen molar-refractivity contribution in [3.63, 3.8) is 0 Å². The van der Waals surface area contributed by atoms with Gasteiger partial charge in [-0.05, 0) is 68.0 Å². The number of nitrogens with two attached hydrogens (primary N) is 1. The van der Waals surface area contributed by atoms with E-state index in [1.807, 2.05) is 47.4 Å². The third-order valence-corrected chi connectivity index (χ3v) is 8.62. The summed E-state index contributed by atoms with van der Waals surface area (Å²) in [5.41, 5.74) is 9.18. The number of halogens is 1. The minimum atomic E-state index is -0.614. The largest absolute Gasteiger partial charge is 0.493 e. The number of likely N-dealkylation sites (tertiary alicyclic amines) is 1. The lowest BCUT2D eigenvalue weighted by Crippen LogP contribution is -2.54. The van der Waals surface area contributed by atoms with Crippen LogP contribution in [0.3, 0.4) is 0 Å². The monoisotopic (exact) mass is 552 g/mol. The molecule has 208 valence electrons. The number of amides is 2. The topological polar surface area (TPSA) is 97.5 Å². The summed E-state index contributed by atoms with van der Waals surface area (Å²) in [6, 6.07) is 12.6. The predicted molar refractivity (Wildman–Crippen MR) is 151 cm³/mol. The number of carbonyl (C=O) groups is 2. The summed E-state index contributed by atoms with van der Waals surface area (Å²) >= 11 is 5.97. The van der Waals surface area contributed by atoms with Gasteiger partial charge in [-0.15, -0.1) is 0 Å². The number of fused-ring (bicyclic) bond motifs is 1. The molecule has 3 atom stereocenters. The molecule has 3 aliphatic rings. The first-order valence-corrected chi connectivity index (χ1v) is 14.2. The number of ether oxygens (including phenoxy) is 2. The Morgan fingerprint density at radius 1 is 1.00 bits per heavy atom. The number of hydrogen-bond donors (Lipinski definition) is 1. The average Bonchev–Trinajstić information content (AvgIpc) is 2.98. The highest BCUT2D eigenvalue weighted by molar-refractivity contribution is 6.30. The zero-order chi connectivity index (χ0) is 27.5. The van der Waals surface area contributed by atoms with Gasteiger partial charge in [0.15, 0.2) is 11.5 Å². The Labute approximate surface area is 235 Å². The Bertz CT molecular complexity index is 1230. The van der Waals surface area contributed by atoms with Crippen molar-refractivity contribution in [1.29, 1.82) is 0 Å². The van der Waals surface area contributed by atoms with Crippen LogP contribution in [-0.2, 0) is 16.0 Å². The molecule has 2 amide bonds. The van der Waals surface area contributed by atoms with Gasteiger partial charge in [0.2, 0.25) is 11.8 Å². The maximum atomic E-state index is 13.7. The van der Waals surface area contributed by atoms with Crippen LogP contribution in [-0.4, -0.2) is 66.8 Å². The van der Waals surface area contributed by atoms with Crippen LogP contribution in [0.15, 0.2) is 47.6 Å². The summed E-state index contributed by atoms with van der Waals surface area (Å²) in [4.78, 5) is 28.6. The first-order valence-electron chi connectivity index (χ1n) is 13.8. The van der Waals surface area contributed by atoms with E-state index in [9.17, 15) is 9.59 Å². The number of carbonyl (C=O) groups excluding carboxylic acids is 2. The summed E-state index contributed by atoms with van der Waals surface area (Å²) in [5.74, 6) is 1.41. The van der Waals surface area contributed by atoms with E-state index in [2.05, 4.69) is 0 Å². The highest BCUT2D eigenvalue weighted by Crippen LogP contribution is 2.40. The lowest BCUT2D eigenvalue weighted by Gasteiger charge is -2.43. The van der Waals surface area contributed by atoms with Gasteiger partial charge in [-0.2, -0.15) is 5.10 Å². The van der Waals surface area contributed by atoms with E-state index in [4.69, 9.17) is 31.9 Å². The van der Waals surface area contributed by atoms with Crippen molar-refractivity contribution in [2.45, 2.75) is 57.0 Å². The van der Waals surface area contributed by atoms with Gasteiger partial charge in [0.25, 0.3) is 0 Å². The van der Waals surface area contributed by atoms with Gasteiger partial charge in [-0.3, -0.25) is 9.59 Å². The molecule has 9 heteroatoms. The molecule has 2 fully saturated rings. The second kappa shape index (κ2) is 12.0. The van der Waals surface area contributed by atoms with Crippen LogP contribution in [0.2, 0.25) is 5.02 Å². The Hall–Kier alpha value is -3.10. The lowest BCUT2D eigenvalue weighted by atomic mass is 9.73. The standard InChI is InChI=1S/C30H37ClN4O4/c1-38-26-12-9-20(18-27(26)39-2)28-23-5-3-4-6-24(23)29(36)35(33-28)22-13-15-34(16-14-22)30(37)25(32)17-19-7-10-21(31)11-8-19/h7-12,18,22-25H,3-6,13-17,32H2,1-2H3/t23-,24+,25+/m0/s1. The molecular weight excluding hydrogens is 516 g/mol. The van der Waals surface area contributed by atoms with Crippen LogP contribution in [0.5, 0.6) is 11.5 Å². The quantitative estimate of drug-likeness (QED) is 0.553. The van der Waals surface area contributed by atoms with E-state index in [1.54, 1.807) is 19.2 Å². The molecule has 5 rings (SSSR count). The molecule has 1 saturated carbocycles. The van der Waals surface area contributed by atoms with Crippen LogP contribution >= 0.6 is 11.6 Å². The molecule has 1 saturated heterocycles. The summed E-state index contributed by atoms with van der Waals surface area (Å²) in [7, 11) is 3.24. The number of methoxy groups -OCH3 is 2. The van der Waals surface area contributed by atoms with Crippen LogP contribution in [0.25, 0.3) is 0 Å². The normalized spacial score (nSPS) is 22.7. The highest BCUT2D eigenvalue weighted by Gasteiger charge is 2.44. The second-order valence-electron chi connectivity index (χ2n) is 10.7. The van der Waals surface area contributed by atoms with E-state index in [1.165, 1.54) is 0 Å². The molecule has 2 N–H and O–H groups in total. The summed E-state index contributed by atoms with van der Waals surface area (Å²) < 4.78 is 11.0. The lowest BCUT2D eigenvalue weighted by molar-refractivity contribution is -0.143. The van der Waals surface area contributed by atoms with E-state index >= 15 is 0 Å². The zero-order valence-electron chi connectivity index (χ0n) is 22.6. The Morgan fingerprint density at radius 2 is 1.67 bits per heavy atom. The maximum absolute atomic E-state index is 13.7. The average molecular weight is 553 g/mol. The number of hydrogen-bond acceptors (Lipinski definition) is 6. The second-order valence-corrected chi connectivity index (χ2v) is 11.2. The molecule has 2 aromatic carbocycles. The van der Waals surface area contributed by atoms with Crippen molar-refractivity contribution >= 4 is 29.1 Å². The molecular formula is C30H37ClN4O4. The summed E-state index contributed by atoms with van der Waals surface area (Å²) in [6.45, 7) is 1.10. The van der Waals surface area contributed by atoms with E-state index in [0.717, 1.165) is 42.5 Å². The van der Waals surface area contributed by atoms with Crippen LogP contribution in [0, 0.1) is 11.8 Å². The Balaban J connectivity index is 1.31. The number of piperidine rings is 1. The molecule has 1 aliphatic carbocycles. The van der Waals surface area contributed by atoms with Gasteiger partial charge in [0.05, 0.1) is 32.0 Å². The number of rotatable bonds is 7. The molecule has 0 spiro atoms. The van der Waals surface area contributed by atoms with Crippen LogP contribution in [0.4, 0.5) is 0 Å². The minimum absolute atomic E-state index is 0.0490. The molecule has 0 aromatic heterocycles. The van der Waals surface area contributed by atoms with Gasteiger partial charge in [-0.25, -0.2) is 5.01 Å². The first kappa shape index (κ1) is 27.5. The van der Waals surface area contributed by atoms with Crippen molar-refractivity contribution in [3.8, 4) is 11.5 Å².